The van der Waals surface area contributed by atoms with Crippen LogP contribution >= 0.6 is 12.4 Å². The van der Waals surface area contributed by atoms with E-state index in [0.29, 0.717) is 5.75 Å². The maximum absolute atomic E-state index is 10.8. The highest BCUT2D eigenvalue weighted by Gasteiger charge is 2.12. The third kappa shape index (κ3) is 3.11. The molecule has 0 aliphatic carbocycles. The lowest BCUT2D eigenvalue weighted by Crippen LogP contribution is -2.07. The lowest BCUT2D eigenvalue weighted by atomic mass is 10.1. The zero-order valence-electron chi connectivity index (χ0n) is 8.56. The Labute approximate surface area is 94.5 Å². The van der Waals surface area contributed by atoms with Crippen molar-refractivity contribution >= 4 is 18.4 Å². The highest BCUT2D eigenvalue weighted by atomic mass is 35.5. The SMILES string of the molecule is COc1cc(C(C)N)ccc1C(=O)O.Cl. The van der Waals surface area contributed by atoms with Gasteiger partial charge in [0.25, 0.3) is 0 Å². The number of benzene rings is 1. The van der Waals surface area contributed by atoms with Crippen molar-refractivity contribution in [3.63, 3.8) is 0 Å². The molecule has 1 aromatic rings. The third-order valence-corrected chi connectivity index (χ3v) is 1.98. The molecule has 0 saturated heterocycles. The number of ether oxygens (including phenoxy) is 1. The minimum absolute atomic E-state index is 0. The Morgan fingerprint density at radius 1 is 1.53 bits per heavy atom. The highest BCUT2D eigenvalue weighted by molar-refractivity contribution is 5.91. The van der Waals surface area contributed by atoms with Crippen LogP contribution in [0, 0.1) is 0 Å². The summed E-state index contributed by atoms with van der Waals surface area (Å²) in [4.78, 5) is 10.8. The molecule has 1 unspecified atom stereocenters. The molecule has 3 N–H and O–H groups in total. The Kier molecular flexibility index (Phi) is 5.11. The normalized spacial score (nSPS) is 11.4. The number of carbonyl (C=O) groups is 1. The molecule has 4 nitrogen and oxygen atoms in total. The number of hydrogen-bond donors (Lipinski definition) is 2. The van der Waals surface area contributed by atoms with Crippen LogP contribution in [0.15, 0.2) is 18.2 Å². The number of nitrogens with two attached hydrogens (primary N) is 1. The first-order chi connectivity index (χ1) is 6.56. The molecule has 0 aliphatic rings. The van der Waals surface area contributed by atoms with Crippen LogP contribution in [-0.2, 0) is 0 Å². The van der Waals surface area contributed by atoms with Crippen LogP contribution in [0.25, 0.3) is 0 Å². The summed E-state index contributed by atoms with van der Waals surface area (Å²) in [7, 11) is 1.44. The summed E-state index contributed by atoms with van der Waals surface area (Å²) in [5.74, 6) is -0.662. The first-order valence-electron chi connectivity index (χ1n) is 4.23. The molecule has 1 atom stereocenters. The van der Waals surface area contributed by atoms with E-state index in [4.69, 9.17) is 15.6 Å². The molecule has 0 aromatic heterocycles. The van der Waals surface area contributed by atoms with Gasteiger partial charge < -0.3 is 15.6 Å². The van der Waals surface area contributed by atoms with Crippen molar-refractivity contribution < 1.29 is 14.6 Å². The van der Waals surface area contributed by atoms with Crippen molar-refractivity contribution in [3.05, 3.63) is 29.3 Å². The monoisotopic (exact) mass is 231 g/mol. The van der Waals surface area contributed by atoms with E-state index in [1.807, 2.05) is 6.92 Å². The summed E-state index contributed by atoms with van der Waals surface area (Å²) in [5.41, 5.74) is 6.66. The standard InChI is InChI=1S/C10H13NO3.ClH/c1-6(11)7-3-4-8(10(12)13)9(5-7)14-2;/h3-6H,11H2,1-2H3,(H,12,13);1H. The Hall–Kier alpha value is -1.26. The molecule has 0 fully saturated rings. The predicted molar refractivity (Wildman–Crippen MR) is 59.8 cm³/mol. The first kappa shape index (κ1) is 13.7. The smallest absolute Gasteiger partial charge is 0.339 e. The molecule has 0 heterocycles. The lowest BCUT2D eigenvalue weighted by molar-refractivity contribution is 0.0693. The first-order valence-corrected chi connectivity index (χ1v) is 4.23. The molecule has 1 aromatic carbocycles. The summed E-state index contributed by atoms with van der Waals surface area (Å²) < 4.78 is 4.96. The zero-order valence-corrected chi connectivity index (χ0v) is 9.38. The van der Waals surface area contributed by atoms with E-state index in [-0.39, 0.29) is 24.0 Å². The Morgan fingerprint density at radius 2 is 2.13 bits per heavy atom. The van der Waals surface area contributed by atoms with Crippen molar-refractivity contribution in [3.8, 4) is 5.75 Å². The van der Waals surface area contributed by atoms with Gasteiger partial charge in [0.2, 0.25) is 0 Å². The van der Waals surface area contributed by atoms with Gasteiger partial charge in [0.15, 0.2) is 0 Å². The van der Waals surface area contributed by atoms with Crippen molar-refractivity contribution in [2.45, 2.75) is 13.0 Å². The second-order valence-electron chi connectivity index (χ2n) is 3.05. The second-order valence-corrected chi connectivity index (χ2v) is 3.05. The van der Waals surface area contributed by atoms with Crippen LogP contribution in [0.2, 0.25) is 0 Å². The molecule has 0 bridgehead atoms. The van der Waals surface area contributed by atoms with E-state index < -0.39 is 5.97 Å². The van der Waals surface area contributed by atoms with Crippen molar-refractivity contribution in [2.75, 3.05) is 7.11 Å². The van der Waals surface area contributed by atoms with E-state index in [1.165, 1.54) is 13.2 Å². The Morgan fingerprint density at radius 3 is 2.53 bits per heavy atom. The summed E-state index contributed by atoms with van der Waals surface area (Å²) in [6, 6.07) is 4.71. The maximum atomic E-state index is 10.8. The van der Waals surface area contributed by atoms with Crippen molar-refractivity contribution in [2.24, 2.45) is 5.73 Å². The number of rotatable bonds is 3. The van der Waals surface area contributed by atoms with Crippen molar-refractivity contribution in [1.82, 2.24) is 0 Å². The summed E-state index contributed by atoms with van der Waals surface area (Å²) in [6.45, 7) is 1.83. The van der Waals surface area contributed by atoms with E-state index in [1.54, 1.807) is 12.1 Å². The molecular weight excluding hydrogens is 218 g/mol. The van der Waals surface area contributed by atoms with Gasteiger partial charge in [-0.2, -0.15) is 0 Å². The Bertz CT molecular complexity index is 353. The van der Waals surface area contributed by atoms with Crippen LogP contribution < -0.4 is 10.5 Å². The largest absolute Gasteiger partial charge is 0.496 e. The number of aromatic carboxylic acids is 1. The summed E-state index contributed by atoms with van der Waals surface area (Å²) in [6.07, 6.45) is 0. The van der Waals surface area contributed by atoms with Crippen LogP contribution in [-0.4, -0.2) is 18.2 Å². The fourth-order valence-corrected chi connectivity index (χ4v) is 1.17. The van der Waals surface area contributed by atoms with Gasteiger partial charge in [-0.25, -0.2) is 4.79 Å². The summed E-state index contributed by atoms with van der Waals surface area (Å²) >= 11 is 0. The highest BCUT2D eigenvalue weighted by Crippen LogP contribution is 2.22. The molecule has 15 heavy (non-hydrogen) atoms. The van der Waals surface area contributed by atoms with Crippen LogP contribution in [0.3, 0.4) is 0 Å². The fraction of sp³-hybridized carbons (Fsp3) is 0.300. The molecule has 0 radical (unpaired) electrons. The number of hydrogen-bond acceptors (Lipinski definition) is 3. The van der Waals surface area contributed by atoms with Crippen LogP contribution in [0.5, 0.6) is 5.75 Å². The second kappa shape index (κ2) is 5.58. The van der Waals surface area contributed by atoms with Gasteiger partial charge in [-0.15, -0.1) is 12.4 Å². The molecule has 0 saturated carbocycles. The van der Waals surface area contributed by atoms with Gasteiger partial charge in [-0.3, -0.25) is 0 Å². The zero-order chi connectivity index (χ0) is 10.7. The van der Waals surface area contributed by atoms with Gasteiger partial charge in [-0.05, 0) is 24.6 Å². The predicted octanol–water partition coefficient (Wildman–Crippen LogP) is 1.83. The fourth-order valence-electron chi connectivity index (χ4n) is 1.17. The van der Waals surface area contributed by atoms with Crippen LogP contribution in [0.1, 0.15) is 28.9 Å². The average Bonchev–Trinajstić information content (AvgIpc) is 2.16. The number of carboxylic acids is 1. The van der Waals surface area contributed by atoms with Gasteiger partial charge in [0.1, 0.15) is 11.3 Å². The number of halogens is 1. The van der Waals surface area contributed by atoms with E-state index in [2.05, 4.69) is 0 Å². The molecule has 0 spiro atoms. The molecule has 0 amide bonds. The van der Waals surface area contributed by atoms with E-state index in [9.17, 15) is 4.79 Å². The van der Waals surface area contributed by atoms with Crippen molar-refractivity contribution in [1.29, 1.82) is 0 Å². The molecule has 1 rings (SSSR count). The topological polar surface area (TPSA) is 72.5 Å². The third-order valence-electron chi connectivity index (χ3n) is 1.98. The quantitative estimate of drug-likeness (QED) is 0.833. The van der Waals surface area contributed by atoms with Gasteiger partial charge in [0.05, 0.1) is 7.11 Å². The molecule has 5 heteroatoms. The van der Waals surface area contributed by atoms with Gasteiger partial charge in [0, 0.05) is 6.04 Å². The summed E-state index contributed by atoms with van der Waals surface area (Å²) in [5, 5.41) is 8.82. The number of carboxylic acid groups (broad SMARTS) is 1. The average molecular weight is 232 g/mol. The van der Waals surface area contributed by atoms with Gasteiger partial charge in [-0.1, -0.05) is 6.07 Å². The van der Waals surface area contributed by atoms with Crippen LogP contribution in [0.4, 0.5) is 0 Å². The minimum atomic E-state index is -1.00. The maximum Gasteiger partial charge on any atom is 0.339 e. The Balaban J connectivity index is 0.00000196. The van der Waals surface area contributed by atoms with E-state index in [0.717, 1.165) is 5.56 Å². The number of methoxy groups -OCH3 is 1. The van der Waals surface area contributed by atoms with Gasteiger partial charge >= 0.3 is 5.97 Å². The molecule has 84 valence electrons. The minimum Gasteiger partial charge on any atom is -0.496 e. The molecular formula is C10H14ClNO3. The van der Waals surface area contributed by atoms with E-state index >= 15 is 0 Å². The lowest BCUT2D eigenvalue weighted by Gasteiger charge is -2.09. The molecule has 0 aliphatic heterocycles.